The van der Waals surface area contributed by atoms with Crippen LogP contribution in [0, 0.1) is 0 Å². The summed E-state index contributed by atoms with van der Waals surface area (Å²) in [6, 6.07) is 17.1. The summed E-state index contributed by atoms with van der Waals surface area (Å²) in [5, 5.41) is 11.2. The van der Waals surface area contributed by atoms with Gasteiger partial charge in [0.15, 0.2) is 11.5 Å². The monoisotopic (exact) mass is 409 g/mol. The van der Waals surface area contributed by atoms with E-state index < -0.39 is 11.7 Å². The second-order valence-electron chi connectivity index (χ2n) is 7.75. The van der Waals surface area contributed by atoms with E-state index in [2.05, 4.69) is 35.2 Å². The molecule has 6 heteroatoms. The number of aliphatic hydroxyl groups excluding tert-OH is 1. The van der Waals surface area contributed by atoms with Crippen molar-refractivity contribution in [1.82, 2.24) is 4.90 Å². The first-order valence-corrected chi connectivity index (χ1v) is 10.3. The molecule has 1 saturated heterocycles. The van der Waals surface area contributed by atoms with Gasteiger partial charge in [-0.3, -0.25) is 0 Å². The van der Waals surface area contributed by atoms with E-state index >= 15 is 0 Å². The highest BCUT2D eigenvalue weighted by molar-refractivity contribution is 5.80. The van der Waals surface area contributed by atoms with Gasteiger partial charge in [-0.25, -0.2) is 4.79 Å². The third-order valence-electron chi connectivity index (χ3n) is 5.66. The zero-order valence-corrected chi connectivity index (χ0v) is 17.1. The summed E-state index contributed by atoms with van der Waals surface area (Å²) in [6.07, 6.45) is 1.59. The second kappa shape index (κ2) is 9.32. The molecule has 2 aromatic carbocycles. The van der Waals surface area contributed by atoms with Gasteiger partial charge < -0.3 is 23.9 Å². The minimum atomic E-state index is -0.604. The SMILES string of the molecule is COc1cc2oc(=O)ccc2cc1OCC(O)CN1CCC(c2ccccc2)CC1. The van der Waals surface area contributed by atoms with Gasteiger partial charge in [0.25, 0.3) is 0 Å². The Hall–Kier alpha value is -2.83. The molecule has 1 atom stereocenters. The van der Waals surface area contributed by atoms with E-state index in [9.17, 15) is 9.90 Å². The van der Waals surface area contributed by atoms with Gasteiger partial charge in [0.1, 0.15) is 18.3 Å². The first-order valence-electron chi connectivity index (χ1n) is 10.3. The van der Waals surface area contributed by atoms with Gasteiger partial charge in [-0.05, 0) is 49.5 Å². The number of hydrogen-bond acceptors (Lipinski definition) is 6. The molecule has 30 heavy (non-hydrogen) atoms. The molecule has 0 aliphatic carbocycles. The van der Waals surface area contributed by atoms with Crippen molar-refractivity contribution in [3.05, 3.63) is 70.6 Å². The molecule has 1 N–H and O–H groups in total. The molecule has 1 fully saturated rings. The van der Waals surface area contributed by atoms with Crippen molar-refractivity contribution < 1.29 is 19.0 Å². The van der Waals surface area contributed by atoms with E-state index in [0.717, 1.165) is 31.3 Å². The molecule has 0 bridgehead atoms. The van der Waals surface area contributed by atoms with Crippen molar-refractivity contribution in [3.63, 3.8) is 0 Å². The Kier molecular flexibility index (Phi) is 6.35. The fourth-order valence-corrected chi connectivity index (χ4v) is 4.06. The third-order valence-corrected chi connectivity index (χ3v) is 5.66. The Bertz CT molecular complexity index is 1020. The number of rotatable bonds is 7. The molecule has 1 aromatic heterocycles. The molecule has 1 unspecified atom stereocenters. The van der Waals surface area contributed by atoms with Crippen molar-refractivity contribution in [2.24, 2.45) is 0 Å². The molecule has 158 valence electrons. The Morgan fingerprint density at radius 3 is 2.60 bits per heavy atom. The molecule has 0 radical (unpaired) electrons. The maximum absolute atomic E-state index is 11.4. The molecule has 0 spiro atoms. The van der Waals surface area contributed by atoms with Gasteiger partial charge in [0, 0.05) is 24.1 Å². The predicted octanol–water partition coefficient (Wildman–Crippen LogP) is 3.42. The molecule has 0 amide bonds. The zero-order chi connectivity index (χ0) is 20.9. The number of ether oxygens (including phenoxy) is 2. The van der Waals surface area contributed by atoms with Crippen molar-refractivity contribution >= 4 is 11.0 Å². The second-order valence-corrected chi connectivity index (χ2v) is 7.75. The molecule has 1 aliphatic heterocycles. The minimum Gasteiger partial charge on any atom is -0.493 e. The molecule has 2 heterocycles. The number of methoxy groups -OCH3 is 1. The summed E-state index contributed by atoms with van der Waals surface area (Å²) >= 11 is 0. The van der Waals surface area contributed by atoms with E-state index in [1.807, 2.05) is 0 Å². The average Bonchev–Trinajstić information content (AvgIpc) is 2.78. The zero-order valence-electron chi connectivity index (χ0n) is 17.1. The number of piperidine rings is 1. The lowest BCUT2D eigenvalue weighted by molar-refractivity contribution is 0.0586. The van der Waals surface area contributed by atoms with Crippen molar-refractivity contribution in [3.8, 4) is 11.5 Å². The van der Waals surface area contributed by atoms with E-state index in [-0.39, 0.29) is 6.61 Å². The number of benzene rings is 2. The van der Waals surface area contributed by atoms with E-state index in [0.29, 0.717) is 29.5 Å². The van der Waals surface area contributed by atoms with Crippen LogP contribution in [0.25, 0.3) is 11.0 Å². The summed E-state index contributed by atoms with van der Waals surface area (Å²) in [5.74, 6) is 1.58. The first kappa shape index (κ1) is 20.4. The smallest absolute Gasteiger partial charge is 0.336 e. The van der Waals surface area contributed by atoms with Crippen LogP contribution in [0.1, 0.15) is 24.3 Å². The molecule has 6 nitrogen and oxygen atoms in total. The van der Waals surface area contributed by atoms with Gasteiger partial charge in [-0.1, -0.05) is 30.3 Å². The highest BCUT2D eigenvalue weighted by Crippen LogP contribution is 2.32. The average molecular weight is 409 g/mol. The number of β-amino-alcohol motifs (C(OH)–C–C–N with tert-alkyl or cyclic N) is 1. The van der Waals surface area contributed by atoms with Crippen LogP contribution in [0.5, 0.6) is 11.5 Å². The third kappa shape index (κ3) is 4.83. The van der Waals surface area contributed by atoms with Gasteiger partial charge in [-0.15, -0.1) is 0 Å². The quantitative estimate of drug-likeness (QED) is 0.603. The number of nitrogens with zero attached hydrogens (tertiary/aromatic N) is 1. The lowest BCUT2D eigenvalue weighted by atomic mass is 9.89. The number of likely N-dealkylation sites (tertiary alicyclic amines) is 1. The van der Waals surface area contributed by atoms with Crippen molar-refractivity contribution in [1.29, 1.82) is 0 Å². The summed E-state index contributed by atoms with van der Waals surface area (Å²) in [5.41, 5.74) is 1.43. The lowest BCUT2D eigenvalue weighted by Crippen LogP contribution is -2.40. The standard InChI is InChI=1S/C24H27NO5/c1-28-22-14-21-19(7-8-24(27)30-21)13-23(22)29-16-20(26)15-25-11-9-18(10-12-25)17-5-3-2-4-6-17/h2-8,13-14,18,20,26H,9-12,15-16H2,1H3. The van der Waals surface area contributed by atoms with Crippen LogP contribution in [-0.4, -0.2) is 49.5 Å². The van der Waals surface area contributed by atoms with Gasteiger partial charge >= 0.3 is 5.63 Å². The van der Waals surface area contributed by atoms with Crippen LogP contribution in [-0.2, 0) is 0 Å². The van der Waals surface area contributed by atoms with Gasteiger partial charge in [-0.2, -0.15) is 0 Å². The molecular formula is C24H27NO5. The fraction of sp³-hybridized carbons (Fsp3) is 0.375. The number of aliphatic hydroxyl groups is 1. The summed E-state index contributed by atoms with van der Waals surface area (Å²) in [7, 11) is 1.53. The fourth-order valence-electron chi connectivity index (χ4n) is 4.06. The Morgan fingerprint density at radius 2 is 1.87 bits per heavy atom. The van der Waals surface area contributed by atoms with Crippen LogP contribution < -0.4 is 15.1 Å². The van der Waals surface area contributed by atoms with Crippen LogP contribution >= 0.6 is 0 Å². The topological polar surface area (TPSA) is 72.1 Å². The number of hydrogen-bond donors (Lipinski definition) is 1. The predicted molar refractivity (Wildman–Crippen MR) is 115 cm³/mol. The molecular weight excluding hydrogens is 382 g/mol. The maximum Gasteiger partial charge on any atom is 0.336 e. The highest BCUT2D eigenvalue weighted by Gasteiger charge is 2.22. The largest absolute Gasteiger partial charge is 0.493 e. The lowest BCUT2D eigenvalue weighted by Gasteiger charge is -2.33. The molecule has 0 saturated carbocycles. The summed E-state index contributed by atoms with van der Waals surface area (Å²) < 4.78 is 16.4. The highest BCUT2D eigenvalue weighted by atomic mass is 16.5. The van der Waals surface area contributed by atoms with Gasteiger partial charge in [0.2, 0.25) is 0 Å². The Labute approximate surface area is 175 Å². The molecule has 3 aromatic rings. The number of fused-ring (bicyclic) bond motifs is 1. The van der Waals surface area contributed by atoms with E-state index in [1.54, 1.807) is 18.2 Å². The normalized spacial score (nSPS) is 16.5. The van der Waals surface area contributed by atoms with Crippen LogP contribution in [0.15, 0.2) is 63.8 Å². The van der Waals surface area contributed by atoms with Crippen LogP contribution in [0.3, 0.4) is 0 Å². The van der Waals surface area contributed by atoms with Crippen molar-refractivity contribution in [2.75, 3.05) is 33.4 Å². The molecule has 4 rings (SSSR count). The van der Waals surface area contributed by atoms with Gasteiger partial charge in [0.05, 0.1) is 7.11 Å². The van der Waals surface area contributed by atoms with E-state index in [4.69, 9.17) is 13.9 Å². The molecule has 1 aliphatic rings. The maximum atomic E-state index is 11.4. The summed E-state index contributed by atoms with van der Waals surface area (Å²) in [4.78, 5) is 13.7. The van der Waals surface area contributed by atoms with E-state index in [1.165, 1.54) is 18.7 Å². The van der Waals surface area contributed by atoms with Crippen LogP contribution in [0.4, 0.5) is 0 Å². The van der Waals surface area contributed by atoms with Crippen molar-refractivity contribution in [2.45, 2.75) is 24.9 Å². The minimum absolute atomic E-state index is 0.164. The first-order chi connectivity index (χ1) is 14.6. The van der Waals surface area contributed by atoms with Crippen LogP contribution in [0.2, 0.25) is 0 Å². The Morgan fingerprint density at radius 1 is 1.10 bits per heavy atom. The summed E-state index contributed by atoms with van der Waals surface area (Å²) in [6.45, 7) is 2.67. The Balaban J connectivity index is 1.31.